The van der Waals surface area contributed by atoms with Gasteiger partial charge in [0.1, 0.15) is 0 Å². The number of ether oxygens (including phenoxy) is 1. The predicted molar refractivity (Wildman–Crippen MR) is 104 cm³/mol. The van der Waals surface area contributed by atoms with Gasteiger partial charge in [0.2, 0.25) is 5.88 Å². The summed E-state index contributed by atoms with van der Waals surface area (Å²) in [5, 5.41) is 3.62. The highest BCUT2D eigenvalue weighted by Crippen LogP contribution is 2.38. The normalized spacial score (nSPS) is 10.6. The van der Waals surface area contributed by atoms with Crippen molar-refractivity contribution < 1.29 is 9.53 Å². The van der Waals surface area contributed by atoms with Crippen LogP contribution in [-0.4, -0.2) is 11.1 Å². The third kappa shape index (κ3) is 3.10. The molecule has 0 aliphatic carbocycles. The summed E-state index contributed by atoms with van der Waals surface area (Å²) >= 11 is 0. The molecule has 0 bridgehead atoms. The van der Waals surface area contributed by atoms with E-state index in [1.165, 1.54) is 0 Å². The van der Waals surface area contributed by atoms with Gasteiger partial charge in [0, 0.05) is 22.3 Å². The number of anilines is 2. The second-order valence-corrected chi connectivity index (χ2v) is 5.88. The molecule has 5 nitrogen and oxygen atoms in total. The third-order valence-electron chi connectivity index (χ3n) is 4.07. The zero-order valence-corrected chi connectivity index (χ0v) is 13.9. The molecule has 0 saturated heterocycles. The molecule has 1 amide bonds. The second kappa shape index (κ2) is 6.64. The van der Waals surface area contributed by atoms with Gasteiger partial charge in [-0.2, -0.15) is 0 Å². The van der Waals surface area contributed by atoms with Crippen LogP contribution in [0.15, 0.2) is 78.9 Å². The molecular weight excluding hydrogens is 326 g/mol. The number of nitrogen functional groups attached to an aromatic ring is 1. The lowest BCUT2D eigenvalue weighted by molar-refractivity contribution is 0.214. The largest absolute Gasteiger partial charge is 0.418 e. The Kier molecular flexibility index (Phi) is 4.03. The van der Waals surface area contributed by atoms with Gasteiger partial charge in [0.05, 0.1) is 5.56 Å². The summed E-state index contributed by atoms with van der Waals surface area (Å²) in [5.41, 5.74) is 9.85. The van der Waals surface area contributed by atoms with Gasteiger partial charge in [0.15, 0.2) is 0 Å². The Morgan fingerprint density at radius 1 is 0.923 bits per heavy atom. The van der Waals surface area contributed by atoms with Gasteiger partial charge < -0.3 is 15.5 Å². The zero-order chi connectivity index (χ0) is 17.9. The number of nitrogens with two attached hydrogens (primary N) is 1. The molecule has 0 saturated carbocycles. The van der Waals surface area contributed by atoms with Gasteiger partial charge >= 0.3 is 6.09 Å². The molecule has 0 atom stereocenters. The number of hydrogen-bond acceptors (Lipinski definition) is 3. The van der Waals surface area contributed by atoms with Gasteiger partial charge in [-0.15, -0.1) is 0 Å². The molecule has 4 N–H and O–H groups in total. The highest BCUT2D eigenvalue weighted by Gasteiger charge is 2.17. The van der Waals surface area contributed by atoms with Crippen molar-refractivity contribution in [1.82, 2.24) is 4.98 Å². The fraction of sp³-hybridized carbons (Fsp3) is 0. The molecule has 26 heavy (non-hydrogen) atoms. The molecule has 128 valence electrons. The smallest absolute Gasteiger partial charge is 0.399 e. The van der Waals surface area contributed by atoms with E-state index in [4.69, 9.17) is 10.5 Å². The lowest BCUT2D eigenvalue weighted by Gasteiger charge is -2.08. The first kappa shape index (κ1) is 15.8. The van der Waals surface area contributed by atoms with Crippen molar-refractivity contribution in [2.45, 2.75) is 0 Å². The van der Waals surface area contributed by atoms with Crippen molar-refractivity contribution in [3.8, 4) is 17.0 Å². The number of amides is 1. The number of nitrogens with one attached hydrogen (secondary N) is 2. The van der Waals surface area contributed by atoms with E-state index in [2.05, 4.69) is 10.3 Å². The molecule has 3 aromatic carbocycles. The Morgan fingerprint density at radius 2 is 1.62 bits per heavy atom. The van der Waals surface area contributed by atoms with Crippen LogP contribution in [0.25, 0.3) is 22.0 Å². The number of para-hydroxylation sites is 1. The summed E-state index contributed by atoms with van der Waals surface area (Å²) in [4.78, 5) is 15.5. The first-order valence-electron chi connectivity index (χ1n) is 8.21. The van der Waals surface area contributed by atoms with Gasteiger partial charge in [-0.05, 0) is 35.9 Å². The number of aromatic amines is 1. The van der Waals surface area contributed by atoms with E-state index in [0.717, 1.165) is 22.0 Å². The minimum atomic E-state index is -0.562. The van der Waals surface area contributed by atoms with Crippen LogP contribution in [0.1, 0.15) is 0 Å². The number of rotatable bonds is 3. The van der Waals surface area contributed by atoms with Crippen LogP contribution in [0.5, 0.6) is 5.88 Å². The average molecular weight is 343 g/mol. The van der Waals surface area contributed by atoms with E-state index < -0.39 is 6.09 Å². The molecule has 4 aromatic rings. The van der Waals surface area contributed by atoms with Crippen LogP contribution in [-0.2, 0) is 0 Å². The van der Waals surface area contributed by atoms with Crippen molar-refractivity contribution >= 4 is 28.4 Å². The van der Waals surface area contributed by atoms with Gasteiger partial charge in [-0.3, -0.25) is 5.32 Å². The quantitative estimate of drug-likeness (QED) is 0.457. The molecule has 1 aromatic heterocycles. The highest BCUT2D eigenvalue weighted by atomic mass is 16.6. The van der Waals surface area contributed by atoms with Crippen molar-refractivity contribution in [3.63, 3.8) is 0 Å². The molecule has 4 rings (SSSR count). The van der Waals surface area contributed by atoms with E-state index in [1.807, 2.05) is 60.7 Å². The first-order valence-corrected chi connectivity index (χ1v) is 8.21. The van der Waals surface area contributed by atoms with Gasteiger partial charge in [-0.25, -0.2) is 4.79 Å². The molecule has 1 heterocycles. The van der Waals surface area contributed by atoms with Gasteiger partial charge in [-0.1, -0.05) is 48.5 Å². The van der Waals surface area contributed by atoms with Crippen molar-refractivity contribution in [1.29, 1.82) is 0 Å². The Balaban J connectivity index is 1.73. The van der Waals surface area contributed by atoms with Crippen LogP contribution in [0, 0.1) is 0 Å². The summed E-state index contributed by atoms with van der Waals surface area (Å²) in [6, 6.07) is 24.5. The Labute approximate surface area is 150 Å². The maximum atomic E-state index is 12.3. The van der Waals surface area contributed by atoms with Crippen LogP contribution in [0.2, 0.25) is 0 Å². The topological polar surface area (TPSA) is 80.1 Å². The second-order valence-electron chi connectivity index (χ2n) is 5.88. The molecule has 0 aliphatic rings. The molecule has 0 spiro atoms. The summed E-state index contributed by atoms with van der Waals surface area (Å²) in [6.45, 7) is 0. The first-order chi connectivity index (χ1) is 12.7. The SMILES string of the molecule is Nc1ccc2[nH]c(OC(=O)Nc3ccccc3)c(-c3ccccc3)c2c1. The number of hydrogen-bond donors (Lipinski definition) is 3. The average Bonchev–Trinajstić information content (AvgIpc) is 3.00. The highest BCUT2D eigenvalue weighted by molar-refractivity contribution is 6.01. The number of aromatic nitrogens is 1. The monoisotopic (exact) mass is 343 g/mol. The van der Waals surface area contributed by atoms with E-state index >= 15 is 0 Å². The number of fused-ring (bicyclic) bond motifs is 1. The Morgan fingerprint density at radius 3 is 2.35 bits per heavy atom. The molecule has 0 radical (unpaired) electrons. The molecule has 0 unspecified atom stereocenters. The van der Waals surface area contributed by atoms with Gasteiger partial charge in [0.25, 0.3) is 0 Å². The van der Waals surface area contributed by atoms with E-state index in [-0.39, 0.29) is 0 Å². The lowest BCUT2D eigenvalue weighted by atomic mass is 10.0. The summed E-state index contributed by atoms with van der Waals surface area (Å²) in [7, 11) is 0. The summed E-state index contributed by atoms with van der Waals surface area (Å²) in [6.07, 6.45) is -0.562. The molecule has 5 heteroatoms. The third-order valence-corrected chi connectivity index (χ3v) is 4.07. The molecular formula is C21H17N3O2. The fourth-order valence-corrected chi connectivity index (χ4v) is 2.91. The minimum absolute atomic E-state index is 0.380. The Hall–Kier alpha value is -3.73. The van der Waals surface area contributed by atoms with Crippen molar-refractivity contribution in [2.75, 3.05) is 11.1 Å². The van der Waals surface area contributed by atoms with E-state index in [1.54, 1.807) is 18.2 Å². The molecule has 0 aliphatic heterocycles. The predicted octanol–water partition coefficient (Wildman–Crippen LogP) is 5.03. The number of benzene rings is 3. The fourth-order valence-electron chi connectivity index (χ4n) is 2.91. The summed E-state index contributed by atoms with van der Waals surface area (Å²) in [5.74, 6) is 0.380. The van der Waals surface area contributed by atoms with E-state index in [9.17, 15) is 4.79 Å². The number of carbonyl (C=O) groups is 1. The maximum Gasteiger partial charge on any atom is 0.418 e. The van der Waals surface area contributed by atoms with Crippen LogP contribution in [0.3, 0.4) is 0 Å². The zero-order valence-electron chi connectivity index (χ0n) is 13.9. The van der Waals surface area contributed by atoms with Crippen LogP contribution < -0.4 is 15.8 Å². The maximum absolute atomic E-state index is 12.3. The van der Waals surface area contributed by atoms with Crippen LogP contribution in [0.4, 0.5) is 16.2 Å². The minimum Gasteiger partial charge on any atom is -0.399 e. The summed E-state index contributed by atoms with van der Waals surface area (Å²) < 4.78 is 5.58. The van der Waals surface area contributed by atoms with Crippen molar-refractivity contribution in [2.24, 2.45) is 0 Å². The standard InChI is InChI=1S/C21H17N3O2/c22-15-11-12-18-17(13-15)19(14-7-3-1-4-8-14)20(24-18)26-21(25)23-16-9-5-2-6-10-16/h1-13,24H,22H2,(H,23,25). The van der Waals surface area contributed by atoms with E-state index in [0.29, 0.717) is 17.3 Å². The van der Waals surface area contributed by atoms with Crippen LogP contribution >= 0.6 is 0 Å². The lowest BCUT2D eigenvalue weighted by Crippen LogP contribution is -2.17. The number of carbonyl (C=O) groups excluding carboxylic acids is 1. The molecule has 0 fully saturated rings. The van der Waals surface area contributed by atoms with Crippen molar-refractivity contribution in [3.05, 3.63) is 78.9 Å². The number of H-pyrrole nitrogens is 1. The Bertz CT molecular complexity index is 1060.